The van der Waals surface area contributed by atoms with Crippen LogP contribution >= 0.6 is 0 Å². The van der Waals surface area contributed by atoms with Crippen LogP contribution in [0.1, 0.15) is 5.56 Å². The molecule has 0 bridgehead atoms. The minimum Gasteiger partial charge on any atom is -0.493 e. The average molecular weight is 369 g/mol. The van der Waals surface area contributed by atoms with Gasteiger partial charge in [-0.1, -0.05) is 18.2 Å². The normalized spacial score (nSPS) is 11.8. The van der Waals surface area contributed by atoms with Crippen molar-refractivity contribution in [3.05, 3.63) is 48.0 Å². The van der Waals surface area contributed by atoms with Gasteiger partial charge in [-0.25, -0.2) is 4.99 Å². The van der Waals surface area contributed by atoms with Crippen molar-refractivity contribution in [3.63, 3.8) is 0 Å². The number of benzene rings is 2. The first-order chi connectivity index (χ1) is 12.3. The molecule has 2 aromatic carbocycles. The summed E-state index contributed by atoms with van der Waals surface area (Å²) in [4.78, 5) is 4.04. The summed E-state index contributed by atoms with van der Waals surface area (Å²) in [7, 11) is 3.01. The Labute approximate surface area is 148 Å². The standard InChI is InChI=1S/C17H18F3N3O3/c1-24-14-8-7-12(9-15(14)25-2)23-16(21)22-10-11-5-3-4-6-13(11)26-17(18,19)20/h3-9H,10H2,1-2H3,(H3,21,22,23). The lowest BCUT2D eigenvalue weighted by molar-refractivity contribution is -0.274. The van der Waals surface area contributed by atoms with E-state index in [4.69, 9.17) is 15.2 Å². The van der Waals surface area contributed by atoms with Gasteiger partial charge in [-0.15, -0.1) is 13.2 Å². The number of anilines is 1. The van der Waals surface area contributed by atoms with Crippen molar-refractivity contribution in [2.24, 2.45) is 10.7 Å². The van der Waals surface area contributed by atoms with Crippen LogP contribution in [0.5, 0.6) is 17.2 Å². The molecule has 0 aromatic heterocycles. The van der Waals surface area contributed by atoms with Gasteiger partial charge in [0.05, 0.1) is 20.8 Å². The van der Waals surface area contributed by atoms with Crippen LogP contribution in [0.25, 0.3) is 0 Å². The van der Waals surface area contributed by atoms with Crippen molar-refractivity contribution in [1.82, 2.24) is 0 Å². The molecule has 0 aliphatic rings. The SMILES string of the molecule is COc1ccc(NC(N)=NCc2ccccc2OC(F)(F)F)cc1OC. The molecule has 26 heavy (non-hydrogen) atoms. The number of nitrogens with two attached hydrogens (primary N) is 1. The quantitative estimate of drug-likeness (QED) is 0.602. The van der Waals surface area contributed by atoms with Crippen molar-refractivity contribution in [2.45, 2.75) is 12.9 Å². The molecule has 0 saturated carbocycles. The highest BCUT2D eigenvalue weighted by molar-refractivity contribution is 5.92. The molecular formula is C17H18F3N3O3. The van der Waals surface area contributed by atoms with Gasteiger partial charge in [0.1, 0.15) is 5.75 Å². The van der Waals surface area contributed by atoms with Crippen molar-refractivity contribution in [1.29, 1.82) is 0 Å². The number of rotatable bonds is 6. The molecule has 0 spiro atoms. The molecule has 3 N–H and O–H groups in total. The topological polar surface area (TPSA) is 78.1 Å². The Hall–Kier alpha value is -3.10. The van der Waals surface area contributed by atoms with Crippen LogP contribution in [-0.4, -0.2) is 26.5 Å². The summed E-state index contributed by atoms with van der Waals surface area (Å²) in [6, 6.07) is 10.8. The van der Waals surface area contributed by atoms with Crippen LogP contribution in [0.4, 0.5) is 18.9 Å². The van der Waals surface area contributed by atoms with Crippen LogP contribution in [0.3, 0.4) is 0 Å². The molecule has 0 unspecified atom stereocenters. The van der Waals surface area contributed by atoms with Crippen LogP contribution in [0.15, 0.2) is 47.5 Å². The lowest BCUT2D eigenvalue weighted by atomic mass is 10.2. The molecule has 0 aliphatic heterocycles. The Morgan fingerprint density at radius 3 is 2.38 bits per heavy atom. The summed E-state index contributed by atoms with van der Waals surface area (Å²) in [5.41, 5.74) is 6.64. The van der Waals surface area contributed by atoms with E-state index in [2.05, 4.69) is 15.0 Å². The maximum atomic E-state index is 12.4. The van der Waals surface area contributed by atoms with E-state index < -0.39 is 6.36 Å². The van der Waals surface area contributed by atoms with Gasteiger partial charge in [0, 0.05) is 17.3 Å². The number of ether oxygens (including phenoxy) is 3. The Bertz CT molecular complexity index is 779. The average Bonchev–Trinajstić information content (AvgIpc) is 2.59. The summed E-state index contributed by atoms with van der Waals surface area (Å²) >= 11 is 0. The van der Waals surface area contributed by atoms with Gasteiger partial charge in [0.2, 0.25) is 0 Å². The van der Waals surface area contributed by atoms with E-state index in [0.717, 1.165) is 0 Å². The summed E-state index contributed by atoms with van der Waals surface area (Å²) < 4.78 is 51.6. The first-order valence-electron chi connectivity index (χ1n) is 7.45. The Kier molecular flexibility index (Phi) is 6.16. The number of guanidine groups is 1. The largest absolute Gasteiger partial charge is 0.573 e. The van der Waals surface area contributed by atoms with E-state index in [9.17, 15) is 13.2 Å². The molecule has 140 valence electrons. The molecule has 0 amide bonds. The number of hydrogen-bond acceptors (Lipinski definition) is 4. The molecule has 0 atom stereocenters. The van der Waals surface area contributed by atoms with Crippen LogP contribution < -0.4 is 25.3 Å². The predicted octanol–water partition coefficient (Wildman–Crippen LogP) is 3.53. The zero-order valence-corrected chi connectivity index (χ0v) is 14.1. The maximum absolute atomic E-state index is 12.4. The third kappa shape index (κ3) is 5.47. The second-order valence-electron chi connectivity index (χ2n) is 5.05. The molecule has 0 fully saturated rings. The first kappa shape index (κ1) is 19.2. The molecular weight excluding hydrogens is 351 g/mol. The van der Waals surface area contributed by atoms with Crippen LogP contribution in [0, 0.1) is 0 Å². The number of nitrogens with one attached hydrogen (secondary N) is 1. The molecule has 6 nitrogen and oxygen atoms in total. The third-order valence-corrected chi connectivity index (χ3v) is 3.27. The van der Waals surface area contributed by atoms with Gasteiger partial charge in [0.25, 0.3) is 0 Å². The highest BCUT2D eigenvalue weighted by Gasteiger charge is 2.31. The molecule has 2 rings (SSSR count). The molecule has 2 aromatic rings. The number of para-hydroxylation sites is 1. The summed E-state index contributed by atoms with van der Waals surface area (Å²) in [5, 5.41) is 2.84. The lowest BCUT2D eigenvalue weighted by Crippen LogP contribution is -2.23. The fourth-order valence-corrected chi connectivity index (χ4v) is 2.13. The Balaban J connectivity index is 2.10. The van der Waals surface area contributed by atoms with E-state index in [1.807, 2.05) is 0 Å². The minimum atomic E-state index is -4.77. The number of methoxy groups -OCH3 is 2. The molecule has 0 heterocycles. The van der Waals surface area contributed by atoms with Gasteiger partial charge in [-0.3, -0.25) is 0 Å². The van der Waals surface area contributed by atoms with Gasteiger partial charge >= 0.3 is 6.36 Å². The first-order valence-corrected chi connectivity index (χ1v) is 7.45. The highest BCUT2D eigenvalue weighted by atomic mass is 19.4. The van der Waals surface area contributed by atoms with Crippen LogP contribution in [-0.2, 0) is 6.54 Å². The number of nitrogens with zero attached hydrogens (tertiary/aromatic N) is 1. The van der Waals surface area contributed by atoms with Gasteiger partial charge in [0.15, 0.2) is 17.5 Å². The monoisotopic (exact) mass is 369 g/mol. The van der Waals surface area contributed by atoms with Gasteiger partial charge < -0.3 is 25.3 Å². The molecule has 0 saturated heterocycles. The third-order valence-electron chi connectivity index (χ3n) is 3.27. The lowest BCUT2D eigenvalue weighted by Gasteiger charge is -2.13. The van der Waals surface area contributed by atoms with Crippen molar-refractivity contribution in [3.8, 4) is 17.2 Å². The zero-order valence-electron chi connectivity index (χ0n) is 14.1. The number of alkyl halides is 3. The van der Waals surface area contributed by atoms with Crippen LogP contribution in [0.2, 0.25) is 0 Å². The number of hydrogen-bond donors (Lipinski definition) is 2. The summed E-state index contributed by atoms with van der Waals surface area (Å²) in [5.74, 6) is 0.753. The fourth-order valence-electron chi connectivity index (χ4n) is 2.13. The zero-order chi connectivity index (χ0) is 19.2. The fraction of sp³-hybridized carbons (Fsp3) is 0.235. The van der Waals surface area contributed by atoms with E-state index in [1.165, 1.54) is 32.4 Å². The predicted molar refractivity (Wildman–Crippen MR) is 91.6 cm³/mol. The second-order valence-corrected chi connectivity index (χ2v) is 5.05. The molecule has 0 radical (unpaired) electrons. The number of aliphatic imine (C=N–C) groups is 1. The number of halogens is 3. The smallest absolute Gasteiger partial charge is 0.493 e. The van der Waals surface area contributed by atoms with Crippen molar-refractivity contribution >= 4 is 11.6 Å². The van der Waals surface area contributed by atoms with Gasteiger partial charge in [-0.2, -0.15) is 0 Å². The van der Waals surface area contributed by atoms with Gasteiger partial charge in [-0.05, 0) is 18.2 Å². The highest BCUT2D eigenvalue weighted by Crippen LogP contribution is 2.30. The molecule has 9 heteroatoms. The minimum absolute atomic E-state index is 0.0269. The Morgan fingerprint density at radius 1 is 1.04 bits per heavy atom. The summed E-state index contributed by atoms with van der Waals surface area (Å²) in [6.45, 7) is -0.0849. The van der Waals surface area contributed by atoms with E-state index in [1.54, 1.807) is 24.3 Å². The van der Waals surface area contributed by atoms with E-state index in [0.29, 0.717) is 17.2 Å². The second kappa shape index (κ2) is 8.32. The Morgan fingerprint density at radius 2 is 1.73 bits per heavy atom. The molecule has 0 aliphatic carbocycles. The van der Waals surface area contributed by atoms with E-state index >= 15 is 0 Å². The maximum Gasteiger partial charge on any atom is 0.573 e. The summed E-state index contributed by atoms with van der Waals surface area (Å²) in [6.07, 6.45) is -4.77. The van der Waals surface area contributed by atoms with Crippen molar-refractivity contribution in [2.75, 3.05) is 19.5 Å². The van der Waals surface area contributed by atoms with E-state index in [-0.39, 0.29) is 23.8 Å². The van der Waals surface area contributed by atoms with Crippen molar-refractivity contribution < 1.29 is 27.4 Å².